The van der Waals surface area contributed by atoms with E-state index in [1.807, 2.05) is 19.2 Å². The number of para-hydroxylation sites is 1. The van der Waals surface area contributed by atoms with Crippen molar-refractivity contribution in [1.29, 1.82) is 0 Å². The third-order valence-electron chi connectivity index (χ3n) is 4.00. The van der Waals surface area contributed by atoms with Crippen LogP contribution in [0.3, 0.4) is 0 Å². The second-order valence-electron chi connectivity index (χ2n) is 5.54. The van der Waals surface area contributed by atoms with Gasteiger partial charge in [-0.15, -0.1) is 0 Å². The number of aromatic nitrogens is 1. The minimum absolute atomic E-state index is 0.00558. The molecule has 0 amide bonds. The van der Waals surface area contributed by atoms with E-state index in [0.29, 0.717) is 0 Å². The lowest BCUT2D eigenvalue weighted by Crippen LogP contribution is -2.46. The van der Waals surface area contributed by atoms with Crippen LogP contribution in [0, 0.1) is 0 Å². The SMILES string of the molecule is C[C@H](N)c1ccc(N2CCN(c3ccccc3)CC2)cn1. The molecule has 1 aromatic carbocycles. The fourth-order valence-electron chi connectivity index (χ4n) is 2.72. The molecule has 1 aromatic heterocycles. The fourth-order valence-corrected chi connectivity index (χ4v) is 2.72. The molecule has 0 aliphatic carbocycles. The molecule has 1 saturated heterocycles. The molecule has 2 heterocycles. The van der Waals surface area contributed by atoms with Crippen LogP contribution >= 0.6 is 0 Å². The second-order valence-corrected chi connectivity index (χ2v) is 5.54. The lowest BCUT2D eigenvalue weighted by Gasteiger charge is -2.37. The predicted molar refractivity (Wildman–Crippen MR) is 87.7 cm³/mol. The van der Waals surface area contributed by atoms with Crippen molar-refractivity contribution in [3.63, 3.8) is 0 Å². The molecule has 0 saturated carbocycles. The Morgan fingerprint density at radius 2 is 1.52 bits per heavy atom. The van der Waals surface area contributed by atoms with Gasteiger partial charge in [0.05, 0.1) is 17.6 Å². The van der Waals surface area contributed by atoms with Gasteiger partial charge in [-0.2, -0.15) is 0 Å². The van der Waals surface area contributed by atoms with Gasteiger partial charge in [-0.1, -0.05) is 18.2 Å². The van der Waals surface area contributed by atoms with Crippen LogP contribution < -0.4 is 15.5 Å². The summed E-state index contributed by atoms with van der Waals surface area (Å²) in [6.45, 7) is 6.08. The molecule has 0 bridgehead atoms. The van der Waals surface area contributed by atoms with Gasteiger partial charge in [0.1, 0.15) is 0 Å². The monoisotopic (exact) mass is 282 g/mol. The number of nitrogens with zero attached hydrogens (tertiary/aromatic N) is 3. The highest BCUT2D eigenvalue weighted by Crippen LogP contribution is 2.20. The summed E-state index contributed by atoms with van der Waals surface area (Å²) in [5, 5.41) is 0. The zero-order valence-corrected chi connectivity index (χ0v) is 12.4. The van der Waals surface area contributed by atoms with Crippen LogP contribution in [0.1, 0.15) is 18.7 Å². The number of hydrogen-bond acceptors (Lipinski definition) is 4. The molecule has 3 rings (SSSR count). The van der Waals surface area contributed by atoms with E-state index in [1.54, 1.807) is 0 Å². The summed E-state index contributed by atoms with van der Waals surface area (Å²) in [6.07, 6.45) is 1.94. The van der Waals surface area contributed by atoms with Crippen LogP contribution in [0.2, 0.25) is 0 Å². The summed E-state index contributed by atoms with van der Waals surface area (Å²) in [5.74, 6) is 0. The average molecular weight is 282 g/mol. The average Bonchev–Trinajstić information content (AvgIpc) is 2.56. The Balaban J connectivity index is 1.63. The first kappa shape index (κ1) is 13.9. The molecule has 110 valence electrons. The first-order valence-electron chi connectivity index (χ1n) is 7.50. The number of rotatable bonds is 3. The highest BCUT2D eigenvalue weighted by atomic mass is 15.3. The van der Waals surface area contributed by atoms with Crippen molar-refractivity contribution in [2.75, 3.05) is 36.0 Å². The highest BCUT2D eigenvalue weighted by molar-refractivity contribution is 5.51. The van der Waals surface area contributed by atoms with Gasteiger partial charge in [0.15, 0.2) is 0 Å². The van der Waals surface area contributed by atoms with E-state index in [1.165, 1.54) is 11.4 Å². The summed E-state index contributed by atoms with van der Waals surface area (Å²) in [5.41, 5.74) is 9.28. The van der Waals surface area contributed by atoms with E-state index in [2.05, 4.69) is 51.2 Å². The molecule has 4 nitrogen and oxygen atoms in total. The van der Waals surface area contributed by atoms with Crippen molar-refractivity contribution in [2.24, 2.45) is 5.73 Å². The van der Waals surface area contributed by atoms with E-state index in [-0.39, 0.29) is 6.04 Å². The number of anilines is 2. The van der Waals surface area contributed by atoms with Crippen LogP contribution in [0.5, 0.6) is 0 Å². The number of nitrogens with two attached hydrogens (primary N) is 1. The molecule has 1 fully saturated rings. The smallest absolute Gasteiger partial charge is 0.0569 e. The summed E-state index contributed by atoms with van der Waals surface area (Å²) in [6, 6.07) is 14.8. The van der Waals surface area contributed by atoms with E-state index in [9.17, 15) is 0 Å². The minimum atomic E-state index is -0.00558. The Hall–Kier alpha value is -2.07. The normalized spacial score (nSPS) is 16.9. The van der Waals surface area contributed by atoms with Crippen molar-refractivity contribution in [2.45, 2.75) is 13.0 Å². The summed E-state index contributed by atoms with van der Waals surface area (Å²) < 4.78 is 0. The quantitative estimate of drug-likeness (QED) is 0.939. The maximum atomic E-state index is 5.84. The number of benzene rings is 1. The van der Waals surface area contributed by atoms with Gasteiger partial charge in [0.25, 0.3) is 0 Å². The van der Waals surface area contributed by atoms with Crippen molar-refractivity contribution in [1.82, 2.24) is 4.98 Å². The minimum Gasteiger partial charge on any atom is -0.368 e. The lowest BCUT2D eigenvalue weighted by atomic mass is 10.2. The zero-order valence-electron chi connectivity index (χ0n) is 12.4. The molecule has 2 aromatic rings. The van der Waals surface area contributed by atoms with Gasteiger partial charge in [0, 0.05) is 37.9 Å². The lowest BCUT2D eigenvalue weighted by molar-refractivity contribution is 0.652. The third-order valence-corrected chi connectivity index (χ3v) is 4.00. The first-order valence-corrected chi connectivity index (χ1v) is 7.50. The van der Waals surface area contributed by atoms with Gasteiger partial charge in [-0.3, -0.25) is 4.98 Å². The molecule has 0 radical (unpaired) electrons. The Labute approximate surface area is 126 Å². The Kier molecular flexibility index (Phi) is 4.06. The summed E-state index contributed by atoms with van der Waals surface area (Å²) in [7, 11) is 0. The molecule has 0 spiro atoms. The maximum absolute atomic E-state index is 5.84. The Bertz CT molecular complexity index is 557. The van der Waals surface area contributed by atoms with Gasteiger partial charge in [0.2, 0.25) is 0 Å². The molecule has 1 atom stereocenters. The van der Waals surface area contributed by atoms with Crippen molar-refractivity contribution < 1.29 is 0 Å². The largest absolute Gasteiger partial charge is 0.368 e. The molecule has 1 aliphatic rings. The Morgan fingerprint density at radius 3 is 2.05 bits per heavy atom. The van der Waals surface area contributed by atoms with Crippen LogP contribution in [-0.2, 0) is 0 Å². The topological polar surface area (TPSA) is 45.4 Å². The van der Waals surface area contributed by atoms with Crippen molar-refractivity contribution in [3.8, 4) is 0 Å². The fraction of sp³-hybridized carbons (Fsp3) is 0.353. The molecule has 1 aliphatic heterocycles. The summed E-state index contributed by atoms with van der Waals surface area (Å²) in [4.78, 5) is 9.27. The van der Waals surface area contributed by atoms with Gasteiger partial charge in [-0.05, 0) is 31.2 Å². The first-order chi connectivity index (χ1) is 10.2. The van der Waals surface area contributed by atoms with E-state index in [4.69, 9.17) is 5.73 Å². The van der Waals surface area contributed by atoms with E-state index < -0.39 is 0 Å². The number of pyridine rings is 1. The van der Waals surface area contributed by atoms with Crippen molar-refractivity contribution >= 4 is 11.4 Å². The van der Waals surface area contributed by atoms with Crippen LogP contribution in [0.25, 0.3) is 0 Å². The molecule has 0 unspecified atom stereocenters. The van der Waals surface area contributed by atoms with Gasteiger partial charge in [-0.25, -0.2) is 0 Å². The molecular formula is C17H22N4. The van der Waals surface area contributed by atoms with E-state index in [0.717, 1.165) is 31.9 Å². The standard InChI is InChI=1S/C17H22N4/c1-14(18)17-8-7-16(13-19-17)21-11-9-20(10-12-21)15-5-3-2-4-6-15/h2-8,13-14H,9-12,18H2,1H3/t14-/m0/s1. The predicted octanol–water partition coefficient (Wildman–Crippen LogP) is 2.43. The van der Waals surface area contributed by atoms with Crippen molar-refractivity contribution in [3.05, 3.63) is 54.4 Å². The molecule has 2 N–H and O–H groups in total. The third kappa shape index (κ3) is 3.16. The summed E-state index contributed by atoms with van der Waals surface area (Å²) >= 11 is 0. The van der Waals surface area contributed by atoms with Crippen LogP contribution in [0.4, 0.5) is 11.4 Å². The zero-order chi connectivity index (χ0) is 14.7. The molecule has 21 heavy (non-hydrogen) atoms. The number of hydrogen-bond donors (Lipinski definition) is 1. The second kappa shape index (κ2) is 6.14. The van der Waals surface area contributed by atoms with E-state index >= 15 is 0 Å². The van der Waals surface area contributed by atoms with Gasteiger partial charge >= 0.3 is 0 Å². The molecule has 4 heteroatoms. The molecular weight excluding hydrogens is 260 g/mol. The number of piperazine rings is 1. The maximum Gasteiger partial charge on any atom is 0.0569 e. The Morgan fingerprint density at radius 1 is 0.905 bits per heavy atom. The van der Waals surface area contributed by atoms with Crippen LogP contribution in [-0.4, -0.2) is 31.2 Å². The highest BCUT2D eigenvalue weighted by Gasteiger charge is 2.17. The van der Waals surface area contributed by atoms with Gasteiger partial charge < -0.3 is 15.5 Å². The van der Waals surface area contributed by atoms with Crippen LogP contribution in [0.15, 0.2) is 48.7 Å².